The number of aromatic nitrogens is 1. The van der Waals surface area contributed by atoms with Crippen LogP contribution in [0.1, 0.15) is 64.8 Å². The van der Waals surface area contributed by atoms with Crippen molar-refractivity contribution in [2.75, 3.05) is 23.9 Å². The highest BCUT2D eigenvalue weighted by atomic mass is 19.4. The predicted molar refractivity (Wildman–Crippen MR) is 143 cm³/mol. The molecule has 0 radical (unpaired) electrons. The smallest absolute Gasteiger partial charge is 0.416 e. The number of anilines is 2. The molecule has 0 saturated heterocycles. The first-order valence-electron chi connectivity index (χ1n) is 13.1. The van der Waals surface area contributed by atoms with Crippen LogP contribution < -0.4 is 15.5 Å². The number of nitrogens with zero attached hydrogens (tertiary/aromatic N) is 3. The van der Waals surface area contributed by atoms with Crippen LogP contribution in [0.3, 0.4) is 0 Å². The highest BCUT2D eigenvalue weighted by Gasteiger charge is 2.47. The van der Waals surface area contributed by atoms with Crippen LogP contribution in [0.4, 0.5) is 55.7 Å². The Balaban J connectivity index is 1.98. The summed E-state index contributed by atoms with van der Waals surface area (Å²) in [6, 6.07) is 5.07. The van der Waals surface area contributed by atoms with E-state index < -0.39 is 59.3 Å². The maximum absolute atomic E-state index is 13.8. The van der Waals surface area contributed by atoms with Crippen molar-refractivity contribution < 1.29 is 49.4 Å². The van der Waals surface area contributed by atoms with Gasteiger partial charge in [-0.1, -0.05) is 6.92 Å². The Morgan fingerprint density at radius 1 is 0.955 bits per heavy atom. The maximum atomic E-state index is 13.8. The third-order valence-electron chi connectivity index (χ3n) is 7.65. The Morgan fingerprint density at radius 2 is 1.52 bits per heavy atom. The maximum Gasteiger partial charge on any atom is 0.416 e. The SMILES string of the molecule is CC[C@]1(N)C[C@H](c2ncc(N(C)C)cc2Cc2cc(C(F)(F)F)cc(C(F)(F)F)c2)c2cc(C(F)(F)F)ccc2N1C(=O)O. The second-order valence-electron chi connectivity index (χ2n) is 10.8. The molecule has 1 amide bonds. The molecule has 0 saturated carbocycles. The molecule has 1 aromatic heterocycles. The number of hydrogen-bond donors (Lipinski definition) is 2. The lowest BCUT2D eigenvalue weighted by atomic mass is 9.77. The van der Waals surface area contributed by atoms with Crippen molar-refractivity contribution in [3.63, 3.8) is 0 Å². The van der Waals surface area contributed by atoms with Gasteiger partial charge < -0.3 is 15.7 Å². The van der Waals surface area contributed by atoms with Gasteiger partial charge in [0.2, 0.25) is 0 Å². The predicted octanol–water partition coefficient (Wildman–Crippen LogP) is 7.88. The summed E-state index contributed by atoms with van der Waals surface area (Å²) in [5.41, 5.74) is 0.696. The minimum absolute atomic E-state index is 0.000532. The van der Waals surface area contributed by atoms with Gasteiger partial charge in [-0.2, -0.15) is 39.5 Å². The Kier molecular flexibility index (Phi) is 8.35. The van der Waals surface area contributed by atoms with Gasteiger partial charge in [0.25, 0.3) is 0 Å². The Morgan fingerprint density at radius 3 is 2.00 bits per heavy atom. The van der Waals surface area contributed by atoms with Crippen molar-refractivity contribution >= 4 is 17.5 Å². The van der Waals surface area contributed by atoms with Crippen LogP contribution in [-0.4, -0.2) is 35.9 Å². The molecule has 3 aromatic rings. The Labute approximate surface area is 245 Å². The highest BCUT2D eigenvalue weighted by Crippen LogP contribution is 2.48. The van der Waals surface area contributed by atoms with Gasteiger partial charge in [-0.25, -0.2) is 4.79 Å². The highest BCUT2D eigenvalue weighted by molar-refractivity contribution is 5.90. The van der Waals surface area contributed by atoms with Crippen LogP contribution in [0.15, 0.2) is 48.7 Å². The summed E-state index contributed by atoms with van der Waals surface area (Å²) in [5, 5.41) is 9.99. The van der Waals surface area contributed by atoms with Crippen LogP contribution in [0.25, 0.3) is 0 Å². The largest absolute Gasteiger partial charge is 0.465 e. The molecular weight excluding hydrogens is 607 g/mol. The Hall–Kier alpha value is -4.01. The topological polar surface area (TPSA) is 82.7 Å². The van der Waals surface area contributed by atoms with E-state index >= 15 is 0 Å². The van der Waals surface area contributed by atoms with E-state index in [1.165, 1.54) is 12.3 Å². The molecule has 15 heteroatoms. The van der Waals surface area contributed by atoms with Gasteiger partial charge >= 0.3 is 24.6 Å². The van der Waals surface area contributed by atoms with Gasteiger partial charge in [0.05, 0.1) is 40.0 Å². The molecule has 1 aliphatic rings. The number of benzene rings is 2. The number of rotatable bonds is 5. The van der Waals surface area contributed by atoms with E-state index in [0.717, 1.165) is 17.0 Å². The normalized spacial score (nSPS) is 19.1. The molecule has 0 fully saturated rings. The molecule has 3 N–H and O–H groups in total. The molecule has 2 aromatic carbocycles. The number of carbonyl (C=O) groups is 1. The second-order valence-corrected chi connectivity index (χ2v) is 10.8. The molecule has 4 rings (SSSR count). The van der Waals surface area contributed by atoms with E-state index in [-0.39, 0.29) is 47.0 Å². The van der Waals surface area contributed by atoms with Gasteiger partial charge in [-0.05, 0) is 78.4 Å². The number of carboxylic acid groups (broad SMARTS) is 1. The molecule has 2 atom stereocenters. The summed E-state index contributed by atoms with van der Waals surface area (Å²) in [6.07, 6.45) is -15.9. The number of nitrogens with two attached hydrogens (primary N) is 1. The fourth-order valence-corrected chi connectivity index (χ4v) is 5.40. The number of pyridine rings is 1. The zero-order valence-corrected chi connectivity index (χ0v) is 23.5. The summed E-state index contributed by atoms with van der Waals surface area (Å²) in [6.45, 7) is 1.58. The first kappa shape index (κ1) is 32.9. The fraction of sp³-hybridized carbons (Fsp3) is 0.379. The van der Waals surface area contributed by atoms with Crippen LogP contribution in [0, 0.1) is 0 Å². The van der Waals surface area contributed by atoms with Crippen LogP contribution >= 0.6 is 0 Å². The second kappa shape index (κ2) is 11.2. The van der Waals surface area contributed by atoms with Gasteiger partial charge in [0, 0.05) is 20.0 Å². The molecule has 0 spiro atoms. The van der Waals surface area contributed by atoms with E-state index in [1.54, 1.807) is 25.9 Å². The average Bonchev–Trinajstić information content (AvgIpc) is 2.90. The molecule has 0 bridgehead atoms. The minimum Gasteiger partial charge on any atom is -0.465 e. The lowest BCUT2D eigenvalue weighted by molar-refractivity contribution is -0.143. The number of amides is 1. The Bertz CT molecular complexity index is 1540. The molecular formula is C29H27F9N4O2. The van der Waals surface area contributed by atoms with E-state index in [2.05, 4.69) is 4.98 Å². The lowest BCUT2D eigenvalue weighted by Gasteiger charge is -2.46. The van der Waals surface area contributed by atoms with E-state index in [9.17, 15) is 49.4 Å². The zero-order valence-electron chi connectivity index (χ0n) is 23.5. The van der Waals surface area contributed by atoms with Gasteiger partial charge in [-0.3, -0.25) is 9.88 Å². The van der Waals surface area contributed by atoms with Crippen molar-refractivity contribution in [1.82, 2.24) is 4.98 Å². The number of alkyl halides is 9. The fourth-order valence-electron chi connectivity index (χ4n) is 5.40. The molecule has 0 aliphatic carbocycles. The summed E-state index contributed by atoms with van der Waals surface area (Å²) in [7, 11) is 3.23. The van der Waals surface area contributed by atoms with E-state index in [1.807, 2.05) is 0 Å². The monoisotopic (exact) mass is 634 g/mol. The zero-order chi connectivity index (χ0) is 33.0. The number of hydrogen-bond acceptors (Lipinski definition) is 4. The van der Waals surface area contributed by atoms with Crippen molar-refractivity contribution in [3.8, 4) is 0 Å². The quantitative estimate of drug-likeness (QED) is 0.279. The van der Waals surface area contributed by atoms with Crippen LogP contribution in [0.2, 0.25) is 0 Å². The molecule has 44 heavy (non-hydrogen) atoms. The average molecular weight is 635 g/mol. The molecule has 6 nitrogen and oxygen atoms in total. The molecule has 0 unspecified atom stereocenters. The van der Waals surface area contributed by atoms with Crippen molar-refractivity contribution in [1.29, 1.82) is 0 Å². The van der Waals surface area contributed by atoms with Crippen molar-refractivity contribution in [3.05, 3.63) is 87.7 Å². The standard InChI is InChI=1S/C29H27F9N4O2/c1-4-26(39)13-22(21-12-17(27(30,31)32)5-6-23(21)42(26)25(43)44)24-16(10-20(14-40-24)41(2)3)7-15-8-18(28(33,34)35)11-19(9-15)29(36,37)38/h5-6,8-12,14,22H,4,7,13,39H2,1-3H3,(H,43,44)/t22-,26+/m0/s1. The molecule has 1 aliphatic heterocycles. The van der Waals surface area contributed by atoms with E-state index in [4.69, 9.17) is 5.73 Å². The van der Waals surface area contributed by atoms with Crippen molar-refractivity contribution in [2.45, 2.75) is 56.3 Å². The van der Waals surface area contributed by atoms with Gasteiger partial charge in [-0.15, -0.1) is 0 Å². The first-order chi connectivity index (χ1) is 20.2. The van der Waals surface area contributed by atoms with Crippen molar-refractivity contribution in [2.24, 2.45) is 5.73 Å². The van der Waals surface area contributed by atoms with Gasteiger partial charge in [0.1, 0.15) is 5.66 Å². The molecule has 2 heterocycles. The summed E-state index contributed by atoms with van der Waals surface area (Å²) >= 11 is 0. The number of fused-ring (bicyclic) bond motifs is 1. The first-order valence-corrected chi connectivity index (χ1v) is 13.1. The summed E-state index contributed by atoms with van der Waals surface area (Å²) < 4.78 is 123. The number of halogens is 9. The molecule has 238 valence electrons. The summed E-state index contributed by atoms with van der Waals surface area (Å²) in [5.74, 6) is -1.10. The van der Waals surface area contributed by atoms with Crippen LogP contribution in [0.5, 0.6) is 0 Å². The lowest BCUT2D eigenvalue weighted by Crippen LogP contribution is -2.61. The third kappa shape index (κ3) is 6.42. The summed E-state index contributed by atoms with van der Waals surface area (Å²) in [4.78, 5) is 19.1. The van der Waals surface area contributed by atoms with Crippen LogP contribution in [-0.2, 0) is 24.9 Å². The minimum atomic E-state index is -5.10. The third-order valence-corrected chi connectivity index (χ3v) is 7.65. The van der Waals surface area contributed by atoms with E-state index in [0.29, 0.717) is 23.9 Å². The van der Waals surface area contributed by atoms with Gasteiger partial charge in [0.15, 0.2) is 0 Å².